The van der Waals surface area contributed by atoms with Crippen LogP contribution in [0.4, 0.5) is 0 Å². The minimum Gasteiger partial charge on any atom is -0.368 e. The first-order valence-corrected chi connectivity index (χ1v) is 7.82. The first-order valence-electron chi connectivity index (χ1n) is 6.34. The molecule has 1 aliphatic rings. The van der Waals surface area contributed by atoms with E-state index < -0.39 is 9.84 Å². The van der Waals surface area contributed by atoms with Gasteiger partial charge in [-0.15, -0.1) is 5.10 Å². The zero-order valence-corrected chi connectivity index (χ0v) is 12.0. The van der Waals surface area contributed by atoms with E-state index >= 15 is 0 Å². The number of ether oxygens (including phenoxy) is 1. The van der Waals surface area contributed by atoms with Gasteiger partial charge in [-0.1, -0.05) is 22.9 Å². The molecule has 20 heavy (non-hydrogen) atoms. The van der Waals surface area contributed by atoms with Crippen LogP contribution in [0.5, 0.6) is 0 Å². The van der Waals surface area contributed by atoms with Crippen molar-refractivity contribution in [3.8, 4) is 0 Å². The molecule has 0 spiro atoms. The summed E-state index contributed by atoms with van der Waals surface area (Å²) in [6, 6.07) is 6.68. The van der Waals surface area contributed by atoms with Gasteiger partial charge in [-0.05, 0) is 26.0 Å². The van der Waals surface area contributed by atoms with E-state index in [4.69, 9.17) is 4.74 Å². The Morgan fingerprint density at radius 3 is 2.55 bits per heavy atom. The van der Waals surface area contributed by atoms with Gasteiger partial charge >= 0.3 is 0 Å². The third-order valence-electron chi connectivity index (χ3n) is 3.33. The average Bonchev–Trinajstić information content (AvgIpc) is 2.90. The van der Waals surface area contributed by atoms with Crippen molar-refractivity contribution in [1.29, 1.82) is 0 Å². The van der Waals surface area contributed by atoms with Crippen molar-refractivity contribution in [2.75, 3.05) is 0 Å². The molecule has 3 rings (SSSR count). The molecule has 0 radical (unpaired) electrons. The van der Waals surface area contributed by atoms with Gasteiger partial charge in [0.25, 0.3) is 0 Å². The smallest absolute Gasteiger partial charge is 0.227 e. The monoisotopic (exact) mass is 293 g/mol. The summed E-state index contributed by atoms with van der Waals surface area (Å²) in [5.41, 5.74) is 1.01. The summed E-state index contributed by atoms with van der Waals surface area (Å²) in [4.78, 5) is 0.228. The van der Waals surface area contributed by atoms with E-state index in [1.54, 1.807) is 24.3 Å². The van der Waals surface area contributed by atoms with Crippen LogP contribution in [0.15, 0.2) is 40.4 Å². The highest BCUT2D eigenvalue weighted by Crippen LogP contribution is 2.23. The van der Waals surface area contributed by atoms with Crippen molar-refractivity contribution in [2.45, 2.75) is 42.5 Å². The molecule has 1 aromatic heterocycles. The Balaban J connectivity index is 1.85. The lowest BCUT2D eigenvalue weighted by atomic mass is 10.2. The zero-order chi connectivity index (χ0) is 14.3. The van der Waals surface area contributed by atoms with Crippen LogP contribution < -0.4 is 0 Å². The van der Waals surface area contributed by atoms with Crippen LogP contribution in [0.3, 0.4) is 0 Å². The van der Waals surface area contributed by atoms with Gasteiger partial charge in [-0.25, -0.2) is 13.1 Å². The van der Waals surface area contributed by atoms with Gasteiger partial charge in [-0.2, -0.15) is 0 Å². The topological polar surface area (TPSA) is 77.4 Å². The van der Waals surface area contributed by atoms with E-state index in [0.717, 1.165) is 5.56 Å². The lowest BCUT2D eigenvalue weighted by Crippen LogP contribution is -2.06. The standard InChI is InChI=1S/C13H15N3O3S/c1-9-3-5-11(6-4-9)20(17,18)13-8-16(15-14-13)7-12-10(2)19-12/h3-6,8,10,12H,7H2,1-2H3/t10-,12+/m1/s1. The Bertz CT molecular complexity index is 722. The molecule has 0 saturated carbocycles. The first-order chi connectivity index (χ1) is 9.46. The van der Waals surface area contributed by atoms with E-state index in [0.29, 0.717) is 6.54 Å². The molecule has 1 aromatic carbocycles. The Kier molecular flexibility index (Phi) is 3.10. The summed E-state index contributed by atoms with van der Waals surface area (Å²) < 4.78 is 31.5. The summed E-state index contributed by atoms with van der Waals surface area (Å²) in [5, 5.41) is 7.58. The maximum Gasteiger partial charge on any atom is 0.227 e. The molecule has 7 heteroatoms. The molecule has 0 N–H and O–H groups in total. The fraction of sp³-hybridized carbons (Fsp3) is 0.385. The number of aryl methyl sites for hydroxylation is 1. The van der Waals surface area contributed by atoms with Crippen molar-refractivity contribution >= 4 is 9.84 Å². The molecule has 0 bridgehead atoms. The number of nitrogens with zero attached hydrogens (tertiary/aromatic N) is 3. The third kappa shape index (κ3) is 2.46. The van der Waals surface area contributed by atoms with Gasteiger partial charge in [-0.3, -0.25) is 0 Å². The summed E-state index contributed by atoms with van der Waals surface area (Å²) in [7, 11) is -3.60. The molecule has 1 saturated heterocycles. The van der Waals surface area contributed by atoms with E-state index in [2.05, 4.69) is 10.3 Å². The second kappa shape index (κ2) is 4.68. The molecule has 2 heterocycles. The van der Waals surface area contributed by atoms with Crippen LogP contribution in [-0.2, 0) is 21.1 Å². The van der Waals surface area contributed by atoms with E-state index in [9.17, 15) is 8.42 Å². The SMILES string of the molecule is Cc1ccc(S(=O)(=O)c2cn(C[C@@H]3O[C@@H]3C)nn2)cc1. The molecule has 1 fully saturated rings. The lowest BCUT2D eigenvalue weighted by Gasteiger charge is -2.00. The molecular weight excluding hydrogens is 278 g/mol. The minimum absolute atomic E-state index is 0.0327. The third-order valence-corrected chi connectivity index (χ3v) is 4.96. The predicted molar refractivity (Wildman–Crippen MR) is 71.0 cm³/mol. The van der Waals surface area contributed by atoms with Gasteiger partial charge in [0, 0.05) is 0 Å². The van der Waals surface area contributed by atoms with Crippen LogP contribution in [0.2, 0.25) is 0 Å². The molecule has 0 aliphatic carbocycles. The highest BCUT2D eigenvalue weighted by molar-refractivity contribution is 7.91. The fourth-order valence-corrected chi connectivity index (χ4v) is 3.08. The minimum atomic E-state index is -3.60. The molecule has 2 aromatic rings. The maximum atomic E-state index is 12.4. The fourth-order valence-electron chi connectivity index (χ4n) is 1.94. The summed E-state index contributed by atoms with van der Waals surface area (Å²) >= 11 is 0. The second-order valence-corrected chi connectivity index (χ2v) is 6.87. The molecule has 1 aliphatic heterocycles. The van der Waals surface area contributed by atoms with Crippen molar-refractivity contribution in [3.05, 3.63) is 36.0 Å². The molecule has 106 valence electrons. The summed E-state index contributed by atoms with van der Waals surface area (Å²) in [6.45, 7) is 4.40. The average molecular weight is 293 g/mol. The Hall–Kier alpha value is -1.73. The first kappa shape index (κ1) is 13.3. The van der Waals surface area contributed by atoms with Crippen LogP contribution in [0.1, 0.15) is 12.5 Å². The quantitative estimate of drug-likeness (QED) is 0.792. The summed E-state index contributed by atoms with van der Waals surface area (Å²) in [6.07, 6.45) is 1.76. The van der Waals surface area contributed by atoms with Gasteiger partial charge in [0.05, 0.1) is 23.7 Å². The maximum absolute atomic E-state index is 12.4. The molecular formula is C13H15N3O3S. The molecule has 2 atom stereocenters. The molecule has 0 unspecified atom stereocenters. The number of rotatable bonds is 4. The van der Waals surface area contributed by atoms with Crippen molar-refractivity contribution in [2.24, 2.45) is 0 Å². The Morgan fingerprint density at radius 2 is 1.95 bits per heavy atom. The van der Waals surface area contributed by atoms with Crippen molar-refractivity contribution in [1.82, 2.24) is 15.0 Å². The summed E-state index contributed by atoms with van der Waals surface area (Å²) in [5.74, 6) is 0. The molecule has 6 nitrogen and oxygen atoms in total. The van der Waals surface area contributed by atoms with Crippen LogP contribution in [0, 0.1) is 6.92 Å². The highest BCUT2D eigenvalue weighted by Gasteiger charge is 2.35. The largest absolute Gasteiger partial charge is 0.368 e. The number of hydrogen-bond acceptors (Lipinski definition) is 5. The van der Waals surface area contributed by atoms with Gasteiger partial charge in [0.2, 0.25) is 14.9 Å². The number of hydrogen-bond donors (Lipinski definition) is 0. The highest BCUT2D eigenvalue weighted by atomic mass is 32.2. The Morgan fingerprint density at radius 1 is 1.30 bits per heavy atom. The van der Waals surface area contributed by atoms with Crippen LogP contribution >= 0.6 is 0 Å². The number of epoxide rings is 1. The van der Waals surface area contributed by atoms with Crippen LogP contribution in [0.25, 0.3) is 0 Å². The Labute approximate surface area is 117 Å². The van der Waals surface area contributed by atoms with E-state index in [1.165, 1.54) is 10.9 Å². The predicted octanol–water partition coefficient (Wildman–Crippen LogP) is 1.21. The lowest BCUT2D eigenvalue weighted by molar-refractivity contribution is 0.352. The number of sulfone groups is 1. The van der Waals surface area contributed by atoms with Gasteiger partial charge < -0.3 is 4.74 Å². The van der Waals surface area contributed by atoms with Crippen molar-refractivity contribution in [3.63, 3.8) is 0 Å². The van der Waals surface area contributed by atoms with E-state index in [1.807, 2.05) is 13.8 Å². The number of benzene rings is 1. The molecule has 0 amide bonds. The normalized spacial score (nSPS) is 21.9. The van der Waals surface area contributed by atoms with E-state index in [-0.39, 0.29) is 22.1 Å². The zero-order valence-electron chi connectivity index (χ0n) is 11.2. The van der Waals surface area contributed by atoms with Crippen molar-refractivity contribution < 1.29 is 13.2 Å². The van der Waals surface area contributed by atoms with Gasteiger partial charge in [0.1, 0.15) is 6.10 Å². The second-order valence-electron chi connectivity index (χ2n) is 4.97. The van der Waals surface area contributed by atoms with Gasteiger partial charge in [0.15, 0.2) is 0 Å². The number of aromatic nitrogens is 3. The van der Waals surface area contributed by atoms with Crippen LogP contribution in [-0.4, -0.2) is 35.6 Å².